The second kappa shape index (κ2) is 6.98. The van der Waals surface area contributed by atoms with E-state index in [-0.39, 0.29) is 0 Å². The molecule has 1 aromatic carbocycles. The van der Waals surface area contributed by atoms with Gasteiger partial charge in [0.1, 0.15) is 0 Å². The molecule has 0 bridgehead atoms. The van der Waals surface area contributed by atoms with Gasteiger partial charge in [-0.25, -0.2) is 4.79 Å². The first-order valence-electron chi connectivity index (χ1n) is 7.84. The van der Waals surface area contributed by atoms with E-state index in [1.165, 1.54) is 16.2 Å². The van der Waals surface area contributed by atoms with Crippen LogP contribution >= 0.6 is 0 Å². The van der Waals surface area contributed by atoms with Gasteiger partial charge in [-0.05, 0) is 17.7 Å². The summed E-state index contributed by atoms with van der Waals surface area (Å²) >= 11 is 0. The Kier molecular flexibility index (Phi) is 4.80. The van der Waals surface area contributed by atoms with Crippen LogP contribution in [0.2, 0.25) is 0 Å². The van der Waals surface area contributed by atoms with Crippen LogP contribution < -0.4 is 4.90 Å². The van der Waals surface area contributed by atoms with Crippen LogP contribution in [0.4, 0.5) is 10.5 Å². The maximum atomic E-state index is 10.9. The van der Waals surface area contributed by atoms with Crippen molar-refractivity contribution in [2.75, 3.05) is 57.4 Å². The van der Waals surface area contributed by atoms with Crippen molar-refractivity contribution >= 4 is 11.8 Å². The lowest BCUT2D eigenvalue weighted by molar-refractivity contribution is 0.103. The average Bonchev–Trinajstić information content (AvgIpc) is 2.56. The summed E-state index contributed by atoms with van der Waals surface area (Å²) in [5.41, 5.74) is 2.54. The second-order valence-electron chi connectivity index (χ2n) is 5.82. The third kappa shape index (κ3) is 3.69. The van der Waals surface area contributed by atoms with Crippen molar-refractivity contribution in [3.63, 3.8) is 0 Å². The second-order valence-corrected chi connectivity index (χ2v) is 5.82. The maximum Gasteiger partial charge on any atom is 0.407 e. The van der Waals surface area contributed by atoms with Crippen LogP contribution in [-0.2, 0) is 11.3 Å². The van der Waals surface area contributed by atoms with Crippen molar-refractivity contribution in [3.8, 4) is 0 Å². The number of carboxylic acid groups (broad SMARTS) is 1. The van der Waals surface area contributed by atoms with Gasteiger partial charge in [-0.15, -0.1) is 0 Å². The molecule has 2 aliphatic heterocycles. The summed E-state index contributed by atoms with van der Waals surface area (Å²) in [7, 11) is 0. The van der Waals surface area contributed by atoms with Gasteiger partial charge in [-0.3, -0.25) is 4.90 Å². The minimum Gasteiger partial charge on any atom is -0.465 e. The Hall–Kier alpha value is -1.79. The van der Waals surface area contributed by atoms with Crippen LogP contribution in [-0.4, -0.2) is 73.5 Å². The molecule has 0 radical (unpaired) electrons. The summed E-state index contributed by atoms with van der Waals surface area (Å²) in [5.74, 6) is 0. The van der Waals surface area contributed by atoms with Crippen molar-refractivity contribution < 1.29 is 14.6 Å². The van der Waals surface area contributed by atoms with Gasteiger partial charge in [0, 0.05) is 51.5 Å². The lowest BCUT2D eigenvalue weighted by Crippen LogP contribution is -2.47. The molecule has 2 aliphatic rings. The minimum absolute atomic E-state index is 0.596. The first kappa shape index (κ1) is 15.1. The summed E-state index contributed by atoms with van der Waals surface area (Å²) in [6.45, 7) is 7.15. The van der Waals surface area contributed by atoms with Crippen molar-refractivity contribution in [2.45, 2.75) is 6.54 Å². The molecule has 0 aromatic heterocycles. The summed E-state index contributed by atoms with van der Waals surface area (Å²) in [5, 5.41) is 8.99. The lowest BCUT2D eigenvalue weighted by Gasteiger charge is -2.33. The molecule has 120 valence electrons. The van der Waals surface area contributed by atoms with Gasteiger partial charge in [0.05, 0.1) is 13.2 Å². The number of benzene rings is 1. The highest BCUT2D eigenvalue weighted by Gasteiger charge is 2.20. The number of rotatable bonds is 3. The highest BCUT2D eigenvalue weighted by molar-refractivity contribution is 5.65. The number of nitrogens with zero attached hydrogens (tertiary/aromatic N) is 3. The molecule has 2 saturated heterocycles. The van der Waals surface area contributed by atoms with Crippen LogP contribution in [0.3, 0.4) is 0 Å². The van der Waals surface area contributed by atoms with Crippen LogP contribution in [0.15, 0.2) is 24.3 Å². The molecule has 0 aliphatic carbocycles. The predicted octanol–water partition coefficient (Wildman–Crippen LogP) is 1.32. The van der Waals surface area contributed by atoms with Crippen LogP contribution in [0.25, 0.3) is 0 Å². The molecule has 0 saturated carbocycles. The minimum atomic E-state index is -0.811. The highest BCUT2D eigenvalue weighted by atomic mass is 16.5. The summed E-state index contributed by atoms with van der Waals surface area (Å²) in [6, 6.07) is 8.65. The number of morpholine rings is 1. The fourth-order valence-corrected chi connectivity index (χ4v) is 3.03. The zero-order chi connectivity index (χ0) is 15.4. The Morgan fingerprint density at radius 1 is 1.09 bits per heavy atom. The number of hydrogen-bond donors (Lipinski definition) is 1. The van der Waals surface area contributed by atoms with Crippen molar-refractivity contribution in [1.29, 1.82) is 0 Å². The fourth-order valence-electron chi connectivity index (χ4n) is 3.03. The normalized spacial score (nSPS) is 20.2. The van der Waals surface area contributed by atoms with Crippen molar-refractivity contribution in [2.24, 2.45) is 0 Å². The lowest BCUT2D eigenvalue weighted by atomic mass is 10.1. The first-order valence-corrected chi connectivity index (χ1v) is 7.84. The molecule has 1 aromatic rings. The number of anilines is 1. The van der Waals surface area contributed by atoms with Gasteiger partial charge in [0.25, 0.3) is 0 Å². The Labute approximate surface area is 130 Å². The van der Waals surface area contributed by atoms with E-state index in [1.807, 2.05) is 0 Å². The zero-order valence-corrected chi connectivity index (χ0v) is 12.8. The molecule has 6 nitrogen and oxygen atoms in total. The largest absolute Gasteiger partial charge is 0.465 e. The monoisotopic (exact) mass is 305 g/mol. The van der Waals surface area contributed by atoms with Crippen LogP contribution in [0.5, 0.6) is 0 Å². The van der Waals surface area contributed by atoms with Gasteiger partial charge in [-0.2, -0.15) is 0 Å². The molecular formula is C16H23N3O3. The molecular weight excluding hydrogens is 282 g/mol. The smallest absolute Gasteiger partial charge is 0.407 e. The zero-order valence-electron chi connectivity index (χ0n) is 12.8. The molecule has 22 heavy (non-hydrogen) atoms. The number of hydrogen-bond acceptors (Lipinski definition) is 4. The Balaban J connectivity index is 1.58. The topological polar surface area (TPSA) is 56.2 Å². The van der Waals surface area contributed by atoms with E-state index in [0.29, 0.717) is 13.1 Å². The Morgan fingerprint density at radius 2 is 1.82 bits per heavy atom. The number of amides is 1. The first-order chi connectivity index (χ1) is 10.7. The maximum absolute atomic E-state index is 10.9. The molecule has 3 rings (SSSR count). The van der Waals surface area contributed by atoms with E-state index in [1.54, 1.807) is 0 Å². The Bertz CT molecular complexity index is 509. The van der Waals surface area contributed by atoms with Crippen LogP contribution in [0, 0.1) is 0 Å². The van der Waals surface area contributed by atoms with E-state index < -0.39 is 6.09 Å². The van der Waals surface area contributed by atoms with E-state index in [9.17, 15) is 4.79 Å². The fraction of sp³-hybridized carbons (Fsp3) is 0.562. The van der Waals surface area contributed by atoms with Gasteiger partial charge in [0.15, 0.2) is 0 Å². The average molecular weight is 305 g/mol. The van der Waals surface area contributed by atoms with E-state index in [2.05, 4.69) is 34.1 Å². The standard InChI is InChI=1S/C16H23N3O3/c20-16(21)19-6-4-17(5-7-19)13-14-2-1-3-15(12-14)18-8-10-22-11-9-18/h1-3,12H,4-11,13H2,(H,20,21). The molecule has 6 heteroatoms. The summed E-state index contributed by atoms with van der Waals surface area (Å²) in [4.78, 5) is 17.1. The predicted molar refractivity (Wildman–Crippen MR) is 84.3 cm³/mol. The van der Waals surface area contributed by atoms with E-state index in [0.717, 1.165) is 45.9 Å². The molecule has 0 unspecified atom stereocenters. The Morgan fingerprint density at radius 3 is 2.50 bits per heavy atom. The summed E-state index contributed by atoms with van der Waals surface area (Å²) in [6.07, 6.45) is -0.811. The third-order valence-electron chi connectivity index (χ3n) is 4.34. The van der Waals surface area contributed by atoms with Gasteiger partial charge in [0.2, 0.25) is 0 Å². The molecule has 2 fully saturated rings. The number of carbonyl (C=O) groups is 1. The quantitative estimate of drug-likeness (QED) is 0.913. The van der Waals surface area contributed by atoms with Gasteiger partial charge >= 0.3 is 6.09 Å². The van der Waals surface area contributed by atoms with E-state index >= 15 is 0 Å². The number of piperazine rings is 1. The molecule has 0 spiro atoms. The SMILES string of the molecule is O=C(O)N1CCN(Cc2cccc(N3CCOCC3)c2)CC1. The van der Waals surface area contributed by atoms with Crippen molar-refractivity contribution in [3.05, 3.63) is 29.8 Å². The molecule has 1 N–H and O–H groups in total. The molecule has 2 heterocycles. The molecule has 1 amide bonds. The molecule has 0 atom stereocenters. The number of ether oxygens (including phenoxy) is 1. The van der Waals surface area contributed by atoms with Crippen molar-refractivity contribution in [1.82, 2.24) is 9.80 Å². The highest BCUT2D eigenvalue weighted by Crippen LogP contribution is 2.19. The third-order valence-corrected chi connectivity index (χ3v) is 4.34. The van der Waals surface area contributed by atoms with Gasteiger partial charge < -0.3 is 19.6 Å². The van der Waals surface area contributed by atoms with Gasteiger partial charge in [-0.1, -0.05) is 12.1 Å². The van der Waals surface area contributed by atoms with E-state index in [4.69, 9.17) is 9.84 Å². The van der Waals surface area contributed by atoms with Crippen LogP contribution in [0.1, 0.15) is 5.56 Å². The summed E-state index contributed by atoms with van der Waals surface area (Å²) < 4.78 is 5.40.